The van der Waals surface area contributed by atoms with Crippen LogP contribution in [-0.4, -0.2) is 61.0 Å². The summed E-state index contributed by atoms with van der Waals surface area (Å²) in [5.74, 6) is 1.05. The van der Waals surface area contributed by atoms with Crippen molar-refractivity contribution in [3.8, 4) is 0 Å². The summed E-state index contributed by atoms with van der Waals surface area (Å²) >= 11 is 0. The Morgan fingerprint density at radius 3 is 2.44 bits per heavy atom. The van der Waals surface area contributed by atoms with E-state index in [-0.39, 0.29) is 17.7 Å². The highest BCUT2D eigenvalue weighted by molar-refractivity contribution is 5.84. The fourth-order valence-corrected chi connectivity index (χ4v) is 4.71. The van der Waals surface area contributed by atoms with E-state index in [0.29, 0.717) is 24.9 Å². The molecule has 2 saturated heterocycles. The molecule has 3 rings (SSSR count). The fourth-order valence-electron chi connectivity index (χ4n) is 4.71. The molecule has 0 N–H and O–H groups in total. The summed E-state index contributed by atoms with van der Waals surface area (Å²) in [6.07, 6.45) is 10.6. The van der Waals surface area contributed by atoms with Crippen LogP contribution < -0.4 is 0 Å². The lowest BCUT2D eigenvalue weighted by molar-refractivity contribution is -0.145. The summed E-state index contributed by atoms with van der Waals surface area (Å²) in [7, 11) is 1.93. The van der Waals surface area contributed by atoms with Crippen LogP contribution in [0.1, 0.15) is 64.2 Å². The molecule has 0 spiro atoms. The summed E-state index contributed by atoms with van der Waals surface area (Å²) < 4.78 is 5.41. The van der Waals surface area contributed by atoms with Crippen molar-refractivity contribution in [2.75, 3.05) is 33.4 Å². The molecule has 1 aliphatic carbocycles. The molecule has 2 heterocycles. The molecule has 3 aliphatic rings. The highest BCUT2D eigenvalue weighted by Crippen LogP contribution is 2.28. The van der Waals surface area contributed by atoms with Crippen molar-refractivity contribution in [1.29, 1.82) is 0 Å². The predicted octanol–water partition coefficient (Wildman–Crippen LogP) is 2.83. The number of likely N-dealkylation sites (tertiary alicyclic amines) is 1. The summed E-state index contributed by atoms with van der Waals surface area (Å²) in [6, 6.07) is 0.367. The molecule has 5 heteroatoms. The Morgan fingerprint density at radius 1 is 1.08 bits per heavy atom. The first kappa shape index (κ1) is 18.7. The summed E-state index contributed by atoms with van der Waals surface area (Å²) in [6.45, 7) is 3.11. The van der Waals surface area contributed by atoms with Crippen molar-refractivity contribution in [2.24, 2.45) is 11.8 Å². The molecule has 25 heavy (non-hydrogen) atoms. The number of amides is 2. The summed E-state index contributed by atoms with van der Waals surface area (Å²) in [5.41, 5.74) is 0. The van der Waals surface area contributed by atoms with Gasteiger partial charge in [-0.05, 0) is 38.0 Å². The van der Waals surface area contributed by atoms with Crippen molar-refractivity contribution in [3.05, 3.63) is 0 Å². The number of rotatable bonds is 4. The van der Waals surface area contributed by atoms with Crippen LogP contribution in [0.15, 0.2) is 0 Å². The Kier molecular flexibility index (Phi) is 6.74. The first-order chi connectivity index (χ1) is 12.1. The number of ether oxygens (including phenoxy) is 1. The van der Waals surface area contributed by atoms with Crippen LogP contribution in [0.3, 0.4) is 0 Å². The van der Waals surface area contributed by atoms with Gasteiger partial charge in [0, 0.05) is 45.8 Å². The van der Waals surface area contributed by atoms with Gasteiger partial charge in [-0.3, -0.25) is 9.59 Å². The zero-order valence-electron chi connectivity index (χ0n) is 15.8. The minimum Gasteiger partial charge on any atom is -0.381 e. The highest BCUT2D eigenvalue weighted by atomic mass is 16.5. The quantitative estimate of drug-likeness (QED) is 0.733. The molecule has 2 amide bonds. The number of hydrogen-bond acceptors (Lipinski definition) is 3. The molecule has 0 aromatic rings. The Balaban J connectivity index is 1.55. The van der Waals surface area contributed by atoms with Gasteiger partial charge >= 0.3 is 0 Å². The van der Waals surface area contributed by atoms with Gasteiger partial charge in [-0.1, -0.05) is 25.7 Å². The largest absolute Gasteiger partial charge is 0.381 e. The first-order valence-electron chi connectivity index (χ1n) is 10.3. The third-order valence-corrected chi connectivity index (χ3v) is 6.31. The second kappa shape index (κ2) is 9.02. The Hall–Kier alpha value is -1.10. The number of carbonyl (C=O) groups excluding carboxylic acids is 2. The van der Waals surface area contributed by atoms with Gasteiger partial charge in [0.15, 0.2) is 0 Å². The molecule has 2 aliphatic heterocycles. The lowest BCUT2D eigenvalue weighted by Gasteiger charge is -2.39. The number of carbonyl (C=O) groups is 2. The van der Waals surface area contributed by atoms with E-state index in [1.165, 1.54) is 25.7 Å². The predicted molar refractivity (Wildman–Crippen MR) is 97.1 cm³/mol. The monoisotopic (exact) mass is 350 g/mol. The Bertz CT molecular complexity index is 454. The Morgan fingerprint density at radius 2 is 1.76 bits per heavy atom. The van der Waals surface area contributed by atoms with Crippen molar-refractivity contribution < 1.29 is 14.3 Å². The van der Waals surface area contributed by atoms with Crippen molar-refractivity contribution >= 4 is 11.8 Å². The summed E-state index contributed by atoms with van der Waals surface area (Å²) in [4.78, 5) is 29.4. The lowest BCUT2D eigenvalue weighted by Crippen LogP contribution is -2.50. The van der Waals surface area contributed by atoms with E-state index in [0.717, 1.165) is 51.9 Å². The van der Waals surface area contributed by atoms with Crippen LogP contribution in [0.5, 0.6) is 0 Å². The van der Waals surface area contributed by atoms with Gasteiger partial charge in [0.1, 0.15) is 0 Å². The molecule has 142 valence electrons. The van der Waals surface area contributed by atoms with Crippen molar-refractivity contribution in [1.82, 2.24) is 9.80 Å². The van der Waals surface area contributed by atoms with E-state index < -0.39 is 0 Å². The Labute approximate surface area is 152 Å². The van der Waals surface area contributed by atoms with Crippen LogP contribution in [-0.2, 0) is 14.3 Å². The van der Waals surface area contributed by atoms with Gasteiger partial charge in [-0.15, -0.1) is 0 Å². The molecule has 0 aromatic carbocycles. The molecule has 3 fully saturated rings. The second-order valence-electron chi connectivity index (χ2n) is 8.20. The van der Waals surface area contributed by atoms with E-state index >= 15 is 0 Å². The first-order valence-corrected chi connectivity index (χ1v) is 10.3. The average molecular weight is 351 g/mol. The van der Waals surface area contributed by atoms with Gasteiger partial charge in [0.2, 0.25) is 11.8 Å². The molecule has 1 atom stereocenters. The van der Waals surface area contributed by atoms with E-state index in [2.05, 4.69) is 4.90 Å². The number of piperidine rings is 1. The topological polar surface area (TPSA) is 49.9 Å². The maximum absolute atomic E-state index is 12.9. The second-order valence-corrected chi connectivity index (χ2v) is 8.20. The fraction of sp³-hybridized carbons (Fsp3) is 0.900. The van der Waals surface area contributed by atoms with Gasteiger partial charge in [0.25, 0.3) is 0 Å². The highest BCUT2D eigenvalue weighted by Gasteiger charge is 2.35. The van der Waals surface area contributed by atoms with Crippen molar-refractivity contribution in [2.45, 2.75) is 70.3 Å². The van der Waals surface area contributed by atoms with Gasteiger partial charge in [-0.25, -0.2) is 0 Å². The van der Waals surface area contributed by atoms with Crippen LogP contribution >= 0.6 is 0 Å². The summed E-state index contributed by atoms with van der Waals surface area (Å²) in [5, 5.41) is 0. The van der Waals surface area contributed by atoms with Crippen LogP contribution in [0.2, 0.25) is 0 Å². The maximum Gasteiger partial charge on any atom is 0.227 e. The van der Waals surface area contributed by atoms with Gasteiger partial charge < -0.3 is 14.5 Å². The molecule has 0 aromatic heterocycles. The van der Waals surface area contributed by atoms with E-state index in [4.69, 9.17) is 4.74 Å². The molecule has 0 radical (unpaired) electrons. The van der Waals surface area contributed by atoms with Crippen LogP contribution in [0.4, 0.5) is 0 Å². The average Bonchev–Trinajstić information content (AvgIpc) is 2.91. The number of nitrogens with zero attached hydrogens (tertiary/aromatic N) is 2. The molecule has 5 nitrogen and oxygen atoms in total. The SMILES string of the molecule is CN(CC1CCOCC1)C(=O)[C@@H]1CCC(=O)N(C2CCCCCC2)C1. The van der Waals surface area contributed by atoms with Crippen LogP contribution in [0.25, 0.3) is 0 Å². The van der Waals surface area contributed by atoms with E-state index in [1.807, 2.05) is 11.9 Å². The van der Waals surface area contributed by atoms with Gasteiger partial charge in [0.05, 0.1) is 5.92 Å². The van der Waals surface area contributed by atoms with E-state index in [1.54, 1.807) is 0 Å². The molecule has 0 bridgehead atoms. The van der Waals surface area contributed by atoms with Crippen LogP contribution in [0, 0.1) is 11.8 Å². The van der Waals surface area contributed by atoms with Gasteiger partial charge in [-0.2, -0.15) is 0 Å². The third kappa shape index (κ3) is 4.96. The minimum absolute atomic E-state index is 0.00852. The molecular weight excluding hydrogens is 316 g/mol. The molecule has 1 saturated carbocycles. The normalized spacial score (nSPS) is 27.2. The lowest BCUT2D eigenvalue weighted by atomic mass is 9.92. The van der Waals surface area contributed by atoms with Crippen molar-refractivity contribution in [3.63, 3.8) is 0 Å². The zero-order valence-corrected chi connectivity index (χ0v) is 15.8. The minimum atomic E-state index is -0.00852. The zero-order chi connectivity index (χ0) is 17.6. The van der Waals surface area contributed by atoms with E-state index in [9.17, 15) is 9.59 Å². The molecular formula is C20H34N2O3. The standard InChI is InChI=1S/C20H34N2O3/c1-21(14-16-10-12-25-13-11-16)20(24)17-8-9-19(23)22(15-17)18-6-4-2-3-5-7-18/h16-18H,2-15H2,1H3/t17-/m1/s1. The smallest absolute Gasteiger partial charge is 0.227 e. The number of hydrogen-bond donors (Lipinski definition) is 0. The third-order valence-electron chi connectivity index (χ3n) is 6.31. The molecule has 0 unspecified atom stereocenters. The maximum atomic E-state index is 12.9.